The number of amides is 1. The Bertz CT molecular complexity index is 1540. The number of methoxy groups -OCH3 is 2. The molecule has 0 aliphatic heterocycles. The molecule has 2 N–H and O–H groups in total. The second-order valence-electron chi connectivity index (χ2n) is 8.45. The van der Waals surface area contributed by atoms with E-state index in [1.54, 1.807) is 5.32 Å². The van der Waals surface area contributed by atoms with E-state index in [9.17, 15) is 27.5 Å². The van der Waals surface area contributed by atoms with Crippen LogP contribution in [0.5, 0.6) is 23.0 Å². The lowest BCUT2D eigenvalue weighted by Crippen LogP contribution is -2.29. The average Bonchev–Trinajstić information content (AvgIpc) is 2.92. The van der Waals surface area contributed by atoms with Gasteiger partial charge in [-0.25, -0.2) is 8.78 Å². The third-order valence-electron chi connectivity index (χ3n) is 5.87. The minimum Gasteiger partial charge on any atom is -0.504 e. The number of halogens is 5. The fourth-order valence-corrected chi connectivity index (χ4v) is 4.00. The van der Waals surface area contributed by atoms with E-state index in [0.717, 1.165) is 23.8 Å². The Morgan fingerprint density at radius 3 is 2.17 bits per heavy atom. The van der Waals surface area contributed by atoms with Crippen molar-refractivity contribution in [2.24, 2.45) is 0 Å². The third kappa shape index (κ3) is 5.93. The predicted octanol–water partition coefficient (Wildman–Crippen LogP) is 7.10. The Labute approximate surface area is 225 Å². The van der Waals surface area contributed by atoms with Gasteiger partial charge in [0.25, 0.3) is 0 Å². The van der Waals surface area contributed by atoms with Crippen molar-refractivity contribution in [2.75, 3.05) is 19.5 Å². The zero-order valence-corrected chi connectivity index (χ0v) is 21.1. The lowest BCUT2D eigenvalue weighted by atomic mass is 9.96. The first-order chi connectivity index (χ1) is 19.0. The van der Waals surface area contributed by atoms with Crippen molar-refractivity contribution in [1.29, 1.82) is 0 Å². The number of anilines is 1. The number of aromatic hydroxyl groups is 1. The van der Waals surface area contributed by atoms with Crippen molar-refractivity contribution in [3.05, 3.63) is 90.0 Å². The highest BCUT2D eigenvalue weighted by atomic mass is 19.4. The molecular formula is C29H22F5NO5. The molecule has 0 aliphatic rings. The molecule has 0 spiro atoms. The van der Waals surface area contributed by atoms with E-state index in [0.29, 0.717) is 6.07 Å². The normalized spacial score (nSPS) is 11.2. The van der Waals surface area contributed by atoms with Gasteiger partial charge in [0, 0.05) is 16.8 Å². The summed E-state index contributed by atoms with van der Waals surface area (Å²) < 4.78 is 83.9. The summed E-state index contributed by atoms with van der Waals surface area (Å²) in [4.78, 5) is 11.2. The minimum atomic E-state index is -5.15. The molecule has 0 saturated carbocycles. The van der Waals surface area contributed by atoms with E-state index in [-0.39, 0.29) is 46.1 Å². The molecule has 0 aliphatic carbocycles. The number of rotatable bonds is 8. The zero-order chi connectivity index (χ0) is 29.0. The lowest BCUT2D eigenvalue weighted by Gasteiger charge is -2.19. The largest absolute Gasteiger partial charge is 0.504 e. The maximum absolute atomic E-state index is 15.0. The maximum atomic E-state index is 15.0. The van der Waals surface area contributed by atoms with Crippen LogP contribution in [-0.2, 0) is 11.4 Å². The van der Waals surface area contributed by atoms with Crippen molar-refractivity contribution in [3.8, 4) is 45.3 Å². The van der Waals surface area contributed by atoms with Gasteiger partial charge in [-0.2, -0.15) is 13.2 Å². The first kappa shape index (κ1) is 28.2. The highest BCUT2D eigenvalue weighted by Gasteiger charge is 2.38. The number of carbonyl (C=O) groups is 1. The summed E-state index contributed by atoms with van der Waals surface area (Å²) in [5.74, 6) is -4.67. The number of phenols is 1. The summed E-state index contributed by atoms with van der Waals surface area (Å²) in [5.41, 5.74) is 0.488. The van der Waals surface area contributed by atoms with Crippen LogP contribution in [0.15, 0.2) is 72.8 Å². The first-order valence-electron chi connectivity index (χ1n) is 11.7. The topological polar surface area (TPSA) is 77.0 Å². The van der Waals surface area contributed by atoms with Gasteiger partial charge in [0.1, 0.15) is 18.2 Å². The summed E-state index contributed by atoms with van der Waals surface area (Å²) in [6.07, 6.45) is -5.15. The molecule has 0 radical (unpaired) electrons. The molecule has 4 rings (SSSR count). The van der Waals surface area contributed by atoms with Crippen LogP contribution in [0.4, 0.5) is 27.6 Å². The van der Waals surface area contributed by atoms with Crippen LogP contribution >= 0.6 is 0 Å². The van der Waals surface area contributed by atoms with Crippen LogP contribution in [0.2, 0.25) is 0 Å². The monoisotopic (exact) mass is 559 g/mol. The highest BCUT2D eigenvalue weighted by Crippen LogP contribution is 2.50. The summed E-state index contributed by atoms with van der Waals surface area (Å²) in [7, 11) is 2.50. The van der Waals surface area contributed by atoms with Gasteiger partial charge in [-0.15, -0.1) is 0 Å². The van der Waals surface area contributed by atoms with Crippen LogP contribution in [-0.4, -0.2) is 31.4 Å². The van der Waals surface area contributed by atoms with E-state index in [1.807, 2.05) is 30.3 Å². The quantitative estimate of drug-likeness (QED) is 0.225. The van der Waals surface area contributed by atoms with Crippen molar-refractivity contribution in [1.82, 2.24) is 0 Å². The number of hydrogen-bond acceptors (Lipinski definition) is 5. The Morgan fingerprint density at radius 2 is 1.57 bits per heavy atom. The molecule has 40 heavy (non-hydrogen) atoms. The molecule has 0 bridgehead atoms. The summed E-state index contributed by atoms with van der Waals surface area (Å²) in [6.45, 7) is 0.137. The number of phenolic OH excluding ortho intramolecular Hbond substituents is 1. The number of alkyl halides is 3. The third-order valence-corrected chi connectivity index (χ3v) is 5.87. The van der Waals surface area contributed by atoms with Crippen molar-refractivity contribution in [2.45, 2.75) is 12.8 Å². The molecule has 4 aromatic carbocycles. The molecule has 208 valence electrons. The highest BCUT2D eigenvalue weighted by molar-refractivity contribution is 5.95. The molecule has 0 unspecified atom stereocenters. The molecule has 0 aromatic heterocycles. The summed E-state index contributed by atoms with van der Waals surface area (Å²) in [5, 5.41) is 12.7. The van der Waals surface area contributed by atoms with E-state index in [1.165, 1.54) is 32.4 Å². The fraction of sp³-hybridized carbons (Fsp3) is 0.138. The molecule has 6 nitrogen and oxygen atoms in total. The van der Waals surface area contributed by atoms with Crippen LogP contribution in [0.25, 0.3) is 22.3 Å². The number of benzene rings is 4. The molecular weight excluding hydrogens is 537 g/mol. The maximum Gasteiger partial charge on any atom is 0.471 e. The standard InChI is InChI=1S/C29H22F5NO5/c1-38-24-14-20(19-10-9-18(13-21(19)30)35-28(37)29(32,33)34)27(39-2)26(36)25(24)17-8-11-23(22(31)12-17)40-15-16-6-4-3-5-7-16/h3-14,36H,15H2,1-2H3,(H,35,37). The zero-order valence-electron chi connectivity index (χ0n) is 21.1. The van der Waals surface area contributed by atoms with E-state index in [4.69, 9.17) is 14.2 Å². The smallest absolute Gasteiger partial charge is 0.471 e. The molecule has 11 heteroatoms. The molecule has 0 saturated heterocycles. The minimum absolute atomic E-state index is 0.00455. The van der Waals surface area contributed by atoms with Crippen LogP contribution in [0, 0.1) is 11.6 Å². The molecule has 0 atom stereocenters. The second kappa shape index (κ2) is 11.5. The summed E-state index contributed by atoms with van der Waals surface area (Å²) in [6, 6.07) is 17.4. The molecule has 0 heterocycles. The van der Waals surface area contributed by atoms with Crippen molar-refractivity contribution in [3.63, 3.8) is 0 Å². The Balaban J connectivity index is 1.69. The van der Waals surface area contributed by atoms with Crippen LogP contribution < -0.4 is 19.5 Å². The second-order valence-corrected chi connectivity index (χ2v) is 8.45. The van der Waals surface area contributed by atoms with Crippen molar-refractivity contribution >= 4 is 11.6 Å². The fourth-order valence-electron chi connectivity index (χ4n) is 4.00. The van der Waals surface area contributed by atoms with Gasteiger partial charge in [0.2, 0.25) is 0 Å². The Kier molecular flexibility index (Phi) is 8.13. The molecule has 4 aromatic rings. The molecule has 1 amide bonds. The van der Waals surface area contributed by atoms with E-state index < -0.39 is 35.2 Å². The van der Waals surface area contributed by atoms with Gasteiger partial charge >= 0.3 is 12.1 Å². The predicted molar refractivity (Wildman–Crippen MR) is 137 cm³/mol. The van der Waals surface area contributed by atoms with Gasteiger partial charge in [-0.05, 0) is 47.5 Å². The molecule has 0 fully saturated rings. The first-order valence-corrected chi connectivity index (χ1v) is 11.7. The number of nitrogens with one attached hydrogen (secondary N) is 1. The van der Waals surface area contributed by atoms with Gasteiger partial charge in [0.15, 0.2) is 23.1 Å². The van der Waals surface area contributed by atoms with Gasteiger partial charge in [0.05, 0.1) is 19.8 Å². The van der Waals surface area contributed by atoms with Gasteiger partial charge in [-0.3, -0.25) is 4.79 Å². The number of hydrogen-bond donors (Lipinski definition) is 2. The average molecular weight is 559 g/mol. The van der Waals surface area contributed by atoms with E-state index in [2.05, 4.69) is 0 Å². The van der Waals surface area contributed by atoms with Gasteiger partial charge < -0.3 is 24.6 Å². The van der Waals surface area contributed by atoms with E-state index >= 15 is 4.39 Å². The van der Waals surface area contributed by atoms with Crippen LogP contribution in [0.3, 0.4) is 0 Å². The van der Waals surface area contributed by atoms with Crippen molar-refractivity contribution < 1.29 is 46.1 Å². The Hall–Kier alpha value is -4.80. The van der Waals surface area contributed by atoms with Crippen LogP contribution in [0.1, 0.15) is 5.56 Å². The number of ether oxygens (including phenoxy) is 3. The Morgan fingerprint density at radius 1 is 0.850 bits per heavy atom. The number of carbonyl (C=O) groups excluding carboxylic acids is 1. The SMILES string of the molecule is COc1cc(-c2ccc(NC(=O)C(F)(F)F)cc2F)c(OC)c(O)c1-c1ccc(OCc2ccccc2)c(F)c1. The lowest BCUT2D eigenvalue weighted by molar-refractivity contribution is -0.167. The van der Waals surface area contributed by atoms with Gasteiger partial charge in [-0.1, -0.05) is 36.4 Å². The summed E-state index contributed by atoms with van der Waals surface area (Å²) >= 11 is 0.